The van der Waals surface area contributed by atoms with Gasteiger partial charge in [0.25, 0.3) is 0 Å². The molecule has 6 rings (SSSR count). The molecule has 0 radical (unpaired) electrons. The Labute approximate surface area is 171 Å². The fraction of sp³-hybridized carbons (Fsp3) is 0.429. The van der Waals surface area contributed by atoms with Crippen LogP contribution in [0.4, 0.5) is 10.2 Å². The summed E-state index contributed by atoms with van der Waals surface area (Å²) in [6.07, 6.45) is 3.82. The third kappa shape index (κ3) is 2.68. The van der Waals surface area contributed by atoms with Crippen molar-refractivity contribution in [2.24, 2.45) is 0 Å². The van der Waals surface area contributed by atoms with Gasteiger partial charge in [-0.15, -0.1) is 0 Å². The second-order valence-electron chi connectivity index (χ2n) is 8.23. The van der Waals surface area contributed by atoms with Crippen molar-refractivity contribution < 1.29 is 13.7 Å². The summed E-state index contributed by atoms with van der Waals surface area (Å²) in [5, 5.41) is 4.60. The third-order valence-electron chi connectivity index (χ3n) is 5.89. The molecule has 1 saturated heterocycles. The van der Waals surface area contributed by atoms with Crippen molar-refractivity contribution in [2.75, 3.05) is 18.1 Å². The first-order valence-electron chi connectivity index (χ1n) is 10.3. The molecule has 1 aliphatic carbocycles. The topological polar surface area (TPSA) is 81.6 Å². The Morgan fingerprint density at radius 1 is 1.17 bits per heavy atom. The van der Waals surface area contributed by atoms with E-state index in [-0.39, 0.29) is 18.0 Å². The predicted molar refractivity (Wildman–Crippen MR) is 108 cm³/mol. The minimum atomic E-state index is -0.311. The first kappa shape index (κ1) is 17.8. The quantitative estimate of drug-likeness (QED) is 0.513. The van der Waals surface area contributed by atoms with Gasteiger partial charge in [0, 0.05) is 12.5 Å². The van der Waals surface area contributed by atoms with Crippen LogP contribution in [0.1, 0.15) is 38.5 Å². The monoisotopic (exact) mass is 408 g/mol. The Hall–Kier alpha value is -3.07. The Balaban J connectivity index is 1.59. The van der Waals surface area contributed by atoms with Crippen LogP contribution in [0.15, 0.2) is 29.0 Å². The highest BCUT2D eigenvalue weighted by atomic mass is 19.1. The van der Waals surface area contributed by atoms with E-state index in [4.69, 9.17) is 14.2 Å². The van der Waals surface area contributed by atoms with Gasteiger partial charge in [0.1, 0.15) is 18.0 Å². The van der Waals surface area contributed by atoms with Crippen LogP contribution in [0.25, 0.3) is 28.1 Å². The maximum atomic E-state index is 15.0. The van der Waals surface area contributed by atoms with E-state index < -0.39 is 0 Å². The van der Waals surface area contributed by atoms with Gasteiger partial charge >= 0.3 is 0 Å². The van der Waals surface area contributed by atoms with Gasteiger partial charge in [-0.2, -0.15) is 4.98 Å². The van der Waals surface area contributed by atoms with Crippen molar-refractivity contribution in [3.8, 4) is 11.5 Å². The third-order valence-corrected chi connectivity index (χ3v) is 5.89. The SMILES string of the molecule is C[C@@H]1CO[C@@H](C)CN1c1nc2c(-c3noc(C4CC4)n3)ncn2c2cccc(F)c12. The molecule has 3 aromatic heterocycles. The van der Waals surface area contributed by atoms with Gasteiger partial charge in [0.05, 0.1) is 29.7 Å². The molecular formula is C21H21FN6O2. The smallest absolute Gasteiger partial charge is 0.230 e. The summed E-state index contributed by atoms with van der Waals surface area (Å²) in [6.45, 7) is 5.26. The van der Waals surface area contributed by atoms with E-state index in [1.165, 1.54) is 6.07 Å². The highest BCUT2D eigenvalue weighted by molar-refractivity contribution is 5.94. The number of hydrogen-bond acceptors (Lipinski definition) is 7. The molecule has 0 N–H and O–H groups in total. The van der Waals surface area contributed by atoms with Crippen LogP contribution in [-0.2, 0) is 4.74 Å². The Morgan fingerprint density at radius 2 is 2.03 bits per heavy atom. The lowest BCUT2D eigenvalue weighted by atomic mass is 10.1. The van der Waals surface area contributed by atoms with E-state index >= 15 is 4.39 Å². The minimum Gasteiger partial charge on any atom is -0.375 e. The summed E-state index contributed by atoms with van der Waals surface area (Å²) in [4.78, 5) is 16.0. The first-order chi connectivity index (χ1) is 14.6. The van der Waals surface area contributed by atoms with Gasteiger partial charge in [-0.05, 0) is 38.8 Å². The zero-order valence-electron chi connectivity index (χ0n) is 16.7. The molecule has 0 spiro atoms. The van der Waals surface area contributed by atoms with Crippen molar-refractivity contribution in [1.29, 1.82) is 0 Å². The second kappa shape index (κ2) is 6.46. The lowest BCUT2D eigenvalue weighted by Gasteiger charge is -2.38. The lowest BCUT2D eigenvalue weighted by molar-refractivity contribution is 0.0342. The molecule has 0 unspecified atom stereocenters. The molecule has 2 aliphatic rings. The van der Waals surface area contributed by atoms with Crippen LogP contribution in [-0.4, -0.2) is 49.8 Å². The fourth-order valence-electron chi connectivity index (χ4n) is 4.11. The average molecular weight is 408 g/mol. The molecule has 4 heterocycles. The molecule has 1 aliphatic heterocycles. The van der Waals surface area contributed by atoms with Gasteiger partial charge in [0.15, 0.2) is 11.3 Å². The number of aromatic nitrogens is 5. The molecule has 1 saturated carbocycles. The number of nitrogens with zero attached hydrogens (tertiary/aromatic N) is 6. The van der Waals surface area contributed by atoms with E-state index in [0.717, 1.165) is 12.8 Å². The molecule has 0 bridgehead atoms. The predicted octanol–water partition coefficient (Wildman–Crippen LogP) is 3.56. The Bertz CT molecular complexity index is 1260. The van der Waals surface area contributed by atoms with Gasteiger partial charge in [-0.1, -0.05) is 11.2 Å². The first-order valence-corrected chi connectivity index (χ1v) is 10.3. The molecule has 8 nitrogen and oxygen atoms in total. The summed E-state index contributed by atoms with van der Waals surface area (Å²) < 4.78 is 28.0. The number of anilines is 1. The molecule has 1 aromatic carbocycles. The highest BCUT2D eigenvalue weighted by Gasteiger charge is 2.32. The van der Waals surface area contributed by atoms with Crippen molar-refractivity contribution in [2.45, 2.75) is 44.8 Å². The molecule has 2 atom stereocenters. The van der Waals surface area contributed by atoms with Crippen LogP contribution in [0.2, 0.25) is 0 Å². The molecule has 4 aromatic rings. The van der Waals surface area contributed by atoms with Gasteiger partial charge in [-0.3, -0.25) is 4.40 Å². The van der Waals surface area contributed by atoms with Crippen LogP contribution >= 0.6 is 0 Å². The molecule has 0 amide bonds. The van der Waals surface area contributed by atoms with E-state index in [9.17, 15) is 0 Å². The number of fused-ring (bicyclic) bond motifs is 3. The lowest BCUT2D eigenvalue weighted by Crippen LogP contribution is -2.48. The van der Waals surface area contributed by atoms with Crippen molar-refractivity contribution >= 4 is 22.4 Å². The second-order valence-corrected chi connectivity index (χ2v) is 8.23. The summed E-state index contributed by atoms with van der Waals surface area (Å²) in [5.41, 5.74) is 1.82. The number of imidazole rings is 1. The zero-order valence-corrected chi connectivity index (χ0v) is 16.7. The summed E-state index contributed by atoms with van der Waals surface area (Å²) >= 11 is 0. The molecule has 154 valence electrons. The van der Waals surface area contributed by atoms with E-state index in [1.54, 1.807) is 16.8 Å². The maximum absolute atomic E-state index is 15.0. The van der Waals surface area contributed by atoms with Gasteiger partial charge in [0.2, 0.25) is 11.7 Å². The highest BCUT2D eigenvalue weighted by Crippen LogP contribution is 2.40. The summed E-state index contributed by atoms with van der Waals surface area (Å²) in [6, 6.07) is 5.11. The number of benzene rings is 1. The normalized spacial score (nSPS) is 22.3. The van der Waals surface area contributed by atoms with E-state index in [2.05, 4.69) is 26.9 Å². The van der Waals surface area contributed by atoms with Crippen molar-refractivity contribution in [3.05, 3.63) is 36.2 Å². The van der Waals surface area contributed by atoms with E-state index in [0.29, 0.717) is 58.8 Å². The fourth-order valence-corrected chi connectivity index (χ4v) is 4.11. The van der Waals surface area contributed by atoms with E-state index in [1.807, 2.05) is 13.0 Å². The van der Waals surface area contributed by atoms with Gasteiger partial charge in [-0.25, -0.2) is 14.4 Å². The van der Waals surface area contributed by atoms with Gasteiger partial charge < -0.3 is 14.2 Å². The Kier molecular flexibility index (Phi) is 3.83. The Morgan fingerprint density at radius 3 is 2.87 bits per heavy atom. The van der Waals surface area contributed by atoms with Crippen LogP contribution < -0.4 is 4.90 Å². The number of rotatable bonds is 3. The zero-order chi connectivity index (χ0) is 20.4. The number of halogens is 1. The molecule has 9 heteroatoms. The van der Waals surface area contributed by atoms with Crippen molar-refractivity contribution in [3.63, 3.8) is 0 Å². The molecule has 2 fully saturated rings. The van der Waals surface area contributed by atoms with Crippen LogP contribution in [0.3, 0.4) is 0 Å². The minimum absolute atomic E-state index is 0.0312. The maximum Gasteiger partial charge on any atom is 0.230 e. The molecular weight excluding hydrogens is 387 g/mol. The average Bonchev–Trinajstić information content (AvgIpc) is 3.31. The molecule has 30 heavy (non-hydrogen) atoms. The number of ether oxygens (including phenoxy) is 1. The number of morpholine rings is 1. The van der Waals surface area contributed by atoms with Crippen LogP contribution in [0, 0.1) is 5.82 Å². The number of hydrogen-bond donors (Lipinski definition) is 0. The standard InChI is InChI=1S/C21H21FN6O2/c1-11-9-29-12(2)8-27(11)19-16-14(22)4-3-5-15(16)28-10-23-17(20(28)25-19)18-24-21(30-26-18)13-6-7-13/h3-5,10-13H,6-9H2,1-2H3/t11-,12+/m1/s1. The van der Waals surface area contributed by atoms with Crippen molar-refractivity contribution in [1.82, 2.24) is 24.5 Å². The largest absolute Gasteiger partial charge is 0.375 e. The van der Waals surface area contributed by atoms with Crippen LogP contribution in [0.5, 0.6) is 0 Å². The summed E-state index contributed by atoms with van der Waals surface area (Å²) in [7, 11) is 0. The summed E-state index contributed by atoms with van der Waals surface area (Å²) in [5.74, 6) is 1.69.